The molecule has 0 bridgehead atoms. The van der Waals surface area contributed by atoms with Crippen LogP contribution in [0.5, 0.6) is 0 Å². The molecule has 0 spiro atoms. The lowest BCUT2D eigenvalue weighted by Crippen LogP contribution is -2.42. The molecule has 0 unspecified atom stereocenters. The SMILES string of the molecule is CCCc1ccc(NC2CCN(S(=O)(=O)c3ccc(CNC(=O)c4cccc([N+](=O)[O-])c4)s3)CC2)cc1.CCCc1ccccc1NC1CCN(S(=O)(=O)c2ccc(CNC(=O)c3cccc([N+](=O)[O-])c3)s2)CC1.O=C(NCc1ccc(S(=O)(=O)N2CCC(Nc3ccc4c(c3)CCC4)CC2)s1)c1cccc([N+](=O)[O-])c1. The lowest BCUT2D eigenvalue weighted by Gasteiger charge is -2.32. The van der Waals surface area contributed by atoms with E-state index in [1.165, 1.54) is 114 Å². The number of nitro groups is 3. The van der Waals surface area contributed by atoms with Gasteiger partial charge in [0.15, 0.2) is 0 Å². The molecule has 33 heteroatoms. The Morgan fingerprint density at radius 3 is 1.18 bits per heavy atom. The Morgan fingerprint density at radius 1 is 0.414 bits per heavy atom. The fourth-order valence-electron chi connectivity index (χ4n) is 13.5. The number of nitro benzene ring substituents is 3. The number of thiophene rings is 3. The quantitative estimate of drug-likeness (QED) is 0.0196. The van der Waals surface area contributed by atoms with Crippen LogP contribution in [0.4, 0.5) is 34.1 Å². The summed E-state index contributed by atoms with van der Waals surface area (Å²) in [7, 11) is -10.9. The Balaban J connectivity index is 0.000000165. The third kappa shape index (κ3) is 21.9. The second-order valence-electron chi connectivity index (χ2n) is 27.3. The van der Waals surface area contributed by atoms with E-state index < -0.39 is 62.6 Å². The number of para-hydroxylation sites is 1. The van der Waals surface area contributed by atoms with Gasteiger partial charge in [-0.25, -0.2) is 25.3 Å². The van der Waals surface area contributed by atoms with E-state index in [0.717, 1.165) is 115 Å². The number of non-ortho nitro benzene ring substituents is 3. The molecule has 13 rings (SSSR count). The summed E-state index contributed by atoms with van der Waals surface area (Å²) in [5.74, 6) is -1.38. The molecule has 3 fully saturated rings. The van der Waals surface area contributed by atoms with Gasteiger partial charge in [-0.3, -0.25) is 44.7 Å². The fourth-order valence-corrected chi connectivity index (χ4v) is 22.3. The van der Waals surface area contributed by atoms with Crippen LogP contribution in [0.2, 0.25) is 0 Å². The van der Waals surface area contributed by atoms with Crippen molar-refractivity contribution >= 4 is 116 Å². The predicted octanol–water partition coefficient (Wildman–Crippen LogP) is 13.9. The number of benzene rings is 6. The molecule has 6 N–H and O–H groups in total. The lowest BCUT2D eigenvalue weighted by molar-refractivity contribution is -0.385. The summed E-state index contributed by atoms with van der Waals surface area (Å²) in [5.41, 5.74) is 8.76. The maximum absolute atomic E-state index is 13.2. The van der Waals surface area contributed by atoms with Crippen LogP contribution in [0.25, 0.3) is 0 Å². The Labute approximate surface area is 657 Å². The fraction of sp³-hybridized carbons (Fsp3) is 0.346. The zero-order chi connectivity index (χ0) is 78.8. The monoisotopic (exact) mass is 1620 g/mol. The average Bonchev–Trinajstić information content (AvgIpc) is 1.69. The highest BCUT2D eigenvalue weighted by atomic mass is 32.3. The number of fused-ring (bicyclic) bond motifs is 1. The predicted molar refractivity (Wildman–Crippen MR) is 431 cm³/mol. The van der Waals surface area contributed by atoms with E-state index in [9.17, 15) is 70.0 Å². The minimum atomic E-state index is -3.62. The van der Waals surface area contributed by atoms with Gasteiger partial charge in [0, 0.05) is 142 Å². The van der Waals surface area contributed by atoms with E-state index >= 15 is 0 Å². The second-order valence-corrected chi connectivity index (χ2v) is 37.3. The highest BCUT2D eigenvalue weighted by Crippen LogP contribution is 2.34. The number of anilines is 3. The Hall–Kier alpha value is -9.84. The number of nitrogens with one attached hydrogen (secondary N) is 6. The second kappa shape index (κ2) is 37.9. The van der Waals surface area contributed by atoms with Crippen LogP contribution in [0.1, 0.15) is 140 Å². The third-order valence-corrected chi connectivity index (χ3v) is 29.9. The number of carbonyl (C=O) groups is 3. The Kier molecular flexibility index (Phi) is 28.1. The maximum atomic E-state index is 13.2. The number of sulfonamides is 3. The number of rotatable bonds is 28. The molecule has 9 aromatic rings. The molecule has 0 radical (unpaired) electrons. The molecule has 3 amide bonds. The molecular weight excluding hydrogens is 1540 g/mol. The number of aryl methyl sites for hydroxylation is 4. The van der Waals surface area contributed by atoms with Gasteiger partial charge in [-0.1, -0.05) is 81.3 Å². The lowest BCUT2D eigenvalue weighted by atomic mass is 10.0. The molecule has 111 heavy (non-hydrogen) atoms. The highest BCUT2D eigenvalue weighted by molar-refractivity contribution is 7.92. The minimum Gasteiger partial charge on any atom is -0.382 e. The van der Waals surface area contributed by atoms with Crippen molar-refractivity contribution in [3.8, 4) is 0 Å². The number of hydrogen-bond donors (Lipinski definition) is 6. The first-order valence-electron chi connectivity index (χ1n) is 36.8. The van der Waals surface area contributed by atoms with Gasteiger partial charge >= 0.3 is 0 Å². The molecule has 0 saturated carbocycles. The summed E-state index contributed by atoms with van der Waals surface area (Å²) < 4.78 is 84.6. The van der Waals surface area contributed by atoms with E-state index in [-0.39, 0.29) is 84.1 Å². The van der Waals surface area contributed by atoms with Gasteiger partial charge in [-0.05, 0) is 178 Å². The van der Waals surface area contributed by atoms with E-state index in [4.69, 9.17) is 0 Å². The van der Waals surface area contributed by atoms with Gasteiger partial charge in [0.25, 0.3) is 64.9 Å². The van der Waals surface area contributed by atoms with E-state index in [0.29, 0.717) is 66.7 Å². The van der Waals surface area contributed by atoms with E-state index in [1.54, 1.807) is 36.4 Å². The van der Waals surface area contributed by atoms with Gasteiger partial charge in [0.05, 0.1) is 34.4 Å². The number of carbonyl (C=O) groups excluding carboxylic acids is 3. The molecule has 27 nitrogen and oxygen atoms in total. The first kappa shape index (κ1) is 82.1. The van der Waals surface area contributed by atoms with Gasteiger partial charge in [0.1, 0.15) is 12.6 Å². The van der Waals surface area contributed by atoms with Gasteiger partial charge in [-0.2, -0.15) is 12.9 Å². The molecule has 3 saturated heterocycles. The first-order chi connectivity index (χ1) is 53.3. The molecule has 4 aliphatic rings. The van der Waals surface area contributed by atoms with Crippen LogP contribution in [0, 0.1) is 30.3 Å². The summed E-state index contributed by atoms with van der Waals surface area (Å²) in [5, 5.41) is 51.6. The van der Waals surface area contributed by atoms with Crippen molar-refractivity contribution in [2.24, 2.45) is 0 Å². The van der Waals surface area contributed by atoms with E-state index in [1.807, 2.05) is 12.1 Å². The summed E-state index contributed by atoms with van der Waals surface area (Å²) in [6.07, 6.45) is 12.1. The van der Waals surface area contributed by atoms with Crippen LogP contribution in [-0.2, 0) is 75.4 Å². The largest absolute Gasteiger partial charge is 0.382 e. The Morgan fingerprint density at radius 2 is 0.784 bits per heavy atom. The summed E-state index contributed by atoms with van der Waals surface area (Å²) in [6.45, 7) is 7.34. The molecule has 6 aromatic carbocycles. The van der Waals surface area contributed by atoms with Crippen LogP contribution < -0.4 is 31.9 Å². The molecule has 3 aliphatic heterocycles. The number of piperidine rings is 3. The highest BCUT2D eigenvalue weighted by Gasteiger charge is 2.34. The summed E-state index contributed by atoms with van der Waals surface area (Å²) >= 11 is 3.37. The molecule has 586 valence electrons. The summed E-state index contributed by atoms with van der Waals surface area (Å²) in [6, 6.07) is 50.1. The smallest absolute Gasteiger partial charge is 0.270 e. The topological polar surface area (TPSA) is 365 Å². The third-order valence-electron chi connectivity index (χ3n) is 19.5. The van der Waals surface area contributed by atoms with Gasteiger partial charge in [-0.15, -0.1) is 34.0 Å². The first-order valence-corrected chi connectivity index (χ1v) is 43.5. The van der Waals surface area contributed by atoms with Crippen LogP contribution in [0.15, 0.2) is 189 Å². The average molecular weight is 1630 g/mol. The van der Waals surface area contributed by atoms with Gasteiger partial charge < -0.3 is 31.9 Å². The number of amides is 3. The van der Waals surface area contributed by atoms with Crippen molar-refractivity contribution in [2.45, 2.75) is 148 Å². The molecular formula is C78H88N12O15S6. The van der Waals surface area contributed by atoms with Crippen molar-refractivity contribution in [1.82, 2.24) is 28.9 Å². The summed E-state index contributed by atoms with van der Waals surface area (Å²) in [4.78, 5) is 70.4. The Bertz CT molecular complexity index is 5150. The molecule has 3 aromatic heterocycles. The van der Waals surface area contributed by atoms with Crippen LogP contribution in [-0.4, -0.2) is 128 Å². The normalized spacial score (nSPS) is 15.3. The van der Waals surface area contributed by atoms with Crippen LogP contribution >= 0.6 is 34.0 Å². The zero-order valence-electron chi connectivity index (χ0n) is 61.3. The van der Waals surface area contributed by atoms with Crippen molar-refractivity contribution in [3.63, 3.8) is 0 Å². The van der Waals surface area contributed by atoms with Crippen LogP contribution in [0.3, 0.4) is 0 Å². The van der Waals surface area contributed by atoms with E-state index in [2.05, 4.69) is 100 Å². The van der Waals surface area contributed by atoms with Crippen molar-refractivity contribution in [3.05, 3.63) is 260 Å². The van der Waals surface area contributed by atoms with Crippen molar-refractivity contribution in [2.75, 3.05) is 55.2 Å². The van der Waals surface area contributed by atoms with Crippen molar-refractivity contribution < 1.29 is 54.4 Å². The zero-order valence-corrected chi connectivity index (χ0v) is 66.2. The number of nitrogens with zero attached hydrogens (tertiary/aromatic N) is 6. The standard InChI is InChI=1S/C26H28N4O5S2.2C26H30N4O5S2/c31-26(20-5-2-6-23(16-20)30(32)33)27-17-24-9-10-25(36-24)37(34,35)29-13-11-21(12-14-29)28-22-8-7-18-3-1-4-19(18)15-22;1-2-6-19-7-3-4-10-24(19)28-21-13-15-29(16-14-21)37(34,35)25-12-11-23(36-25)18-27-26(31)20-8-5-9-22(17-20)30(32)33;1-2-4-19-7-9-21(10-8-19)28-22-13-15-29(16-14-22)37(34,35)25-12-11-24(36-25)18-27-26(31)20-5-3-6-23(17-20)30(32)33/h2,5-10,15-16,21,28H,1,3-4,11-14,17H2,(H,27,31);3-5,7-12,17,21,28H,2,6,13-16,18H2,1H3,(H,27,31);3,5-12,17,22,28H,2,4,13-16,18H2,1H3,(H,27,31). The van der Waals surface area contributed by atoms with Crippen molar-refractivity contribution in [1.29, 1.82) is 0 Å². The maximum Gasteiger partial charge on any atom is 0.270 e. The number of hydrogen-bond acceptors (Lipinski definition) is 21. The molecule has 0 atom stereocenters. The molecule has 1 aliphatic carbocycles. The van der Waals surface area contributed by atoms with Gasteiger partial charge in [0.2, 0.25) is 0 Å². The minimum absolute atomic E-state index is 0.130. The molecule has 6 heterocycles.